The van der Waals surface area contributed by atoms with Crippen molar-refractivity contribution in [1.82, 2.24) is 9.88 Å². The first-order chi connectivity index (χ1) is 11.9. The monoisotopic (exact) mass is 404 g/mol. The highest BCUT2D eigenvalue weighted by Gasteiger charge is 2.27. The molecule has 0 spiro atoms. The molecule has 0 bridgehead atoms. The Labute approximate surface area is 158 Å². The summed E-state index contributed by atoms with van der Waals surface area (Å²) in [6.07, 6.45) is 2.50. The predicted octanol–water partition coefficient (Wildman–Crippen LogP) is 2.53. The van der Waals surface area contributed by atoms with Crippen LogP contribution in [0.5, 0.6) is 0 Å². The lowest BCUT2D eigenvalue weighted by Crippen LogP contribution is -2.29. The number of carbonyl (C=O) groups excluding carboxylic acids is 3. The smallest absolute Gasteiger partial charge is 0.339 e. The summed E-state index contributed by atoms with van der Waals surface area (Å²) in [5.74, 6) is -1.12. The first kappa shape index (κ1) is 19.6. The molecule has 10 heteroatoms. The maximum atomic E-state index is 11.9. The third-order valence-corrected chi connectivity index (χ3v) is 4.73. The number of pyridine rings is 1. The van der Waals surface area contributed by atoms with E-state index in [1.165, 1.54) is 35.0 Å². The summed E-state index contributed by atoms with van der Waals surface area (Å²) < 4.78 is 9.93. The molecule has 1 saturated heterocycles. The number of esters is 2. The normalized spacial score (nSPS) is 15.6. The molecule has 0 atom stereocenters. The lowest BCUT2D eigenvalue weighted by molar-refractivity contribution is -0.137. The number of carbonyl (C=O) groups is 3. The molecule has 1 aromatic heterocycles. The van der Waals surface area contributed by atoms with Crippen molar-refractivity contribution >= 4 is 52.8 Å². The molecule has 134 valence electrons. The van der Waals surface area contributed by atoms with Crippen LogP contribution in [-0.4, -0.2) is 53.2 Å². The minimum Gasteiger partial charge on any atom is -0.463 e. The van der Waals surface area contributed by atoms with Crippen LogP contribution < -0.4 is 0 Å². The Bertz CT molecular complexity index is 726. The van der Waals surface area contributed by atoms with Crippen molar-refractivity contribution < 1.29 is 23.9 Å². The molecule has 0 radical (unpaired) electrons. The minimum atomic E-state index is -0.638. The van der Waals surface area contributed by atoms with E-state index in [2.05, 4.69) is 4.98 Å². The molecule has 1 amide bonds. The third-order valence-electron chi connectivity index (χ3n) is 3.02. The van der Waals surface area contributed by atoms with Crippen LogP contribution in [0.1, 0.15) is 17.3 Å². The van der Waals surface area contributed by atoms with Crippen LogP contribution in [-0.2, 0) is 19.1 Å². The van der Waals surface area contributed by atoms with Crippen LogP contribution in [0.3, 0.4) is 0 Å². The SMILES string of the molecule is CCOC(=O)/C=C1\SCC(=O)N1CCOC(=O)c1cnc(Cl)c(Cl)c1. The van der Waals surface area contributed by atoms with E-state index in [0.717, 1.165) is 0 Å². The maximum Gasteiger partial charge on any atom is 0.339 e. The molecular weight excluding hydrogens is 391 g/mol. The molecule has 1 fully saturated rings. The predicted molar refractivity (Wildman–Crippen MR) is 93.4 cm³/mol. The summed E-state index contributed by atoms with van der Waals surface area (Å²) in [5, 5.41) is 0.698. The van der Waals surface area contributed by atoms with Crippen LogP contribution in [0.15, 0.2) is 23.4 Å². The fourth-order valence-corrected chi connectivity index (χ4v) is 3.12. The fourth-order valence-electron chi connectivity index (χ4n) is 1.90. The van der Waals surface area contributed by atoms with Crippen molar-refractivity contribution in [3.05, 3.63) is 39.1 Å². The van der Waals surface area contributed by atoms with Crippen LogP contribution in [0.2, 0.25) is 10.2 Å². The molecule has 0 aromatic carbocycles. The van der Waals surface area contributed by atoms with Crippen molar-refractivity contribution in [3.8, 4) is 0 Å². The molecule has 2 rings (SSSR count). The Morgan fingerprint density at radius 3 is 2.84 bits per heavy atom. The molecule has 7 nitrogen and oxygen atoms in total. The Morgan fingerprint density at radius 2 is 2.16 bits per heavy atom. The van der Waals surface area contributed by atoms with Gasteiger partial charge in [0.1, 0.15) is 11.8 Å². The summed E-state index contributed by atoms with van der Waals surface area (Å²) in [5.41, 5.74) is 0.152. The molecule has 1 aliphatic rings. The van der Waals surface area contributed by atoms with Gasteiger partial charge < -0.3 is 14.4 Å². The van der Waals surface area contributed by atoms with Crippen LogP contribution in [0, 0.1) is 0 Å². The van der Waals surface area contributed by atoms with Crippen molar-refractivity contribution in [2.75, 3.05) is 25.5 Å². The zero-order valence-corrected chi connectivity index (χ0v) is 15.5. The minimum absolute atomic E-state index is 0.0501. The van der Waals surface area contributed by atoms with E-state index >= 15 is 0 Å². The number of halogens is 2. The number of hydrogen-bond donors (Lipinski definition) is 0. The number of thioether (sulfide) groups is 1. The lowest BCUT2D eigenvalue weighted by Gasteiger charge is -2.16. The fraction of sp³-hybridized carbons (Fsp3) is 0.333. The second-order valence-electron chi connectivity index (χ2n) is 4.70. The van der Waals surface area contributed by atoms with Gasteiger partial charge in [-0.25, -0.2) is 14.6 Å². The largest absolute Gasteiger partial charge is 0.463 e. The number of hydrogen-bond acceptors (Lipinski definition) is 7. The van der Waals surface area contributed by atoms with Gasteiger partial charge in [0.2, 0.25) is 5.91 Å². The second kappa shape index (κ2) is 9.07. The van der Waals surface area contributed by atoms with Gasteiger partial charge in [0.05, 0.1) is 40.6 Å². The van der Waals surface area contributed by atoms with Gasteiger partial charge in [-0.15, -0.1) is 0 Å². The van der Waals surface area contributed by atoms with Gasteiger partial charge in [0, 0.05) is 6.20 Å². The Balaban J connectivity index is 1.92. The highest BCUT2D eigenvalue weighted by molar-refractivity contribution is 8.04. The summed E-state index contributed by atoms with van der Waals surface area (Å²) in [6.45, 7) is 2.01. The maximum absolute atomic E-state index is 11.9. The second-order valence-corrected chi connectivity index (χ2v) is 6.46. The van der Waals surface area contributed by atoms with Gasteiger partial charge in [-0.3, -0.25) is 4.79 Å². The zero-order chi connectivity index (χ0) is 18.4. The molecule has 0 saturated carbocycles. The van der Waals surface area contributed by atoms with E-state index in [1.54, 1.807) is 6.92 Å². The van der Waals surface area contributed by atoms with Crippen LogP contribution in [0.25, 0.3) is 0 Å². The summed E-state index contributed by atoms with van der Waals surface area (Å²) in [4.78, 5) is 40.5. The Hall–Kier alpha value is -1.77. The Morgan fingerprint density at radius 1 is 1.40 bits per heavy atom. The number of ether oxygens (including phenoxy) is 2. The van der Waals surface area contributed by atoms with Crippen molar-refractivity contribution in [3.63, 3.8) is 0 Å². The molecule has 2 heterocycles. The Kier molecular flexibility index (Phi) is 7.10. The average molecular weight is 405 g/mol. The number of nitrogens with zero attached hydrogens (tertiary/aromatic N) is 2. The molecular formula is C15H14Cl2N2O5S. The summed E-state index contributed by atoms with van der Waals surface area (Å²) in [7, 11) is 0. The van der Waals surface area contributed by atoms with Crippen molar-refractivity contribution in [1.29, 1.82) is 0 Å². The average Bonchev–Trinajstić information content (AvgIpc) is 2.90. The van der Waals surface area contributed by atoms with E-state index in [-0.39, 0.29) is 47.2 Å². The van der Waals surface area contributed by atoms with E-state index in [9.17, 15) is 14.4 Å². The van der Waals surface area contributed by atoms with Gasteiger partial charge in [0.25, 0.3) is 0 Å². The van der Waals surface area contributed by atoms with Gasteiger partial charge in [0.15, 0.2) is 0 Å². The highest BCUT2D eigenvalue weighted by atomic mass is 35.5. The molecule has 1 aliphatic heterocycles. The number of amides is 1. The van der Waals surface area contributed by atoms with Crippen molar-refractivity contribution in [2.45, 2.75) is 6.92 Å². The third kappa shape index (κ3) is 5.35. The van der Waals surface area contributed by atoms with Gasteiger partial charge in [-0.1, -0.05) is 35.0 Å². The number of aromatic nitrogens is 1. The quantitative estimate of drug-likeness (QED) is 0.408. The molecule has 0 aliphatic carbocycles. The topological polar surface area (TPSA) is 85.8 Å². The van der Waals surface area contributed by atoms with Crippen LogP contribution >= 0.6 is 35.0 Å². The van der Waals surface area contributed by atoms with Crippen molar-refractivity contribution in [2.24, 2.45) is 0 Å². The molecule has 0 N–H and O–H groups in total. The number of rotatable bonds is 6. The zero-order valence-electron chi connectivity index (χ0n) is 13.2. The van der Waals surface area contributed by atoms with E-state index in [0.29, 0.717) is 5.03 Å². The molecule has 25 heavy (non-hydrogen) atoms. The molecule has 1 aromatic rings. The van der Waals surface area contributed by atoms with Crippen LogP contribution in [0.4, 0.5) is 0 Å². The first-order valence-electron chi connectivity index (χ1n) is 7.22. The standard InChI is InChI=1S/C15H14Cl2N2O5S/c1-2-23-13(21)6-12-19(11(20)8-25-12)3-4-24-15(22)9-5-10(16)14(17)18-7-9/h5-7H,2-4,8H2,1H3/b12-6-. The van der Waals surface area contributed by atoms with E-state index < -0.39 is 11.9 Å². The van der Waals surface area contributed by atoms with Gasteiger partial charge in [-0.2, -0.15) is 0 Å². The molecule has 0 unspecified atom stereocenters. The van der Waals surface area contributed by atoms with E-state index in [1.807, 2.05) is 0 Å². The highest BCUT2D eigenvalue weighted by Crippen LogP contribution is 2.28. The lowest BCUT2D eigenvalue weighted by atomic mass is 10.3. The van der Waals surface area contributed by atoms with E-state index in [4.69, 9.17) is 32.7 Å². The summed E-state index contributed by atoms with van der Waals surface area (Å²) in [6, 6.07) is 1.35. The van der Waals surface area contributed by atoms with Gasteiger partial charge in [-0.05, 0) is 13.0 Å². The van der Waals surface area contributed by atoms with Gasteiger partial charge >= 0.3 is 11.9 Å². The summed E-state index contributed by atoms with van der Waals surface area (Å²) >= 11 is 12.7. The first-order valence-corrected chi connectivity index (χ1v) is 8.96.